The van der Waals surface area contributed by atoms with Gasteiger partial charge in [-0.1, -0.05) is 42.5 Å². The molecule has 21 heteroatoms. The highest BCUT2D eigenvalue weighted by molar-refractivity contribution is 6.64. The molecule has 0 saturated carbocycles. The second-order valence-electron chi connectivity index (χ2n) is 14.3. The van der Waals surface area contributed by atoms with Gasteiger partial charge in [0.1, 0.15) is 29.6 Å². The molecule has 1 saturated heterocycles. The number of ether oxygens (including phenoxy) is 4. The van der Waals surface area contributed by atoms with Crippen LogP contribution in [0.1, 0.15) is 71.7 Å². The van der Waals surface area contributed by atoms with Gasteiger partial charge < -0.3 is 58.5 Å². The van der Waals surface area contributed by atoms with E-state index in [2.05, 4.69) is 0 Å². The zero-order valence-electron chi connectivity index (χ0n) is 35.1. The number of nitrogens with zero attached hydrogens (tertiary/aromatic N) is 1. The van der Waals surface area contributed by atoms with Gasteiger partial charge in [0.25, 0.3) is 0 Å². The molecular weight excluding hydrogens is 816 g/mol. The number of carbonyl (C=O) groups excluding carboxylic acids is 2. The van der Waals surface area contributed by atoms with E-state index in [1.807, 2.05) is 39.8 Å². The molecule has 0 spiro atoms. The molecule has 4 aromatic rings. The van der Waals surface area contributed by atoms with Crippen LogP contribution in [0.15, 0.2) is 72.8 Å². The van der Waals surface area contributed by atoms with E-state index in [9.17, 15) is 34.9 Å². The molecule has 0 aromatic heterocycles. The molecule has 5 N–H and O–H groups in total. The highest BCUT2D eigenvalue weighted by atomic mass is 35.5. The lowest BCUT2D eigenvalue weighted by molar-refractivity contribution is -0.490. The van der Waals surface area contributed by atoms with E-state index in [0.717, 1.165) is 11.8 Å². The summed E-state index contributed by atoms with van der Waals surface area (Å²) in [5.74, 6) is 1.93. The van der Waals surface area contributed by atoms with E-state index >= 15 is 0 Å². The Morgan fingerprint density at radius 2 is 1.08 bits per heavy atom. The lowest BCUT2D eigenvalue weighted by Gasteiger charge is -2.32. The fourth-order valence-corrected chi connectivity index (χ4v) is 6.48. The van der Waals surface area contributed by atoms with Crippen LogP contribution in [-0.2, 0) is 18.6 Å². The fraction of sp³-hybridized carbons (Fsp3) is 0.350. The molecule has 17 nitrogen and oxygen atoms in total. The SMILES string of the molecule is COc1cccc(C=O)c1B1OC(C)(C)C(C)(C)O1.COc1cccc(C=O)c1O.COc1cccc2c1B(O)OC2CN.COc1cccc2c1B(O)OC2C[N+](=O)[O-].Cl. The average Bonchev–Trinajstić information content (AvgIpc) is 3.82. The quantitative estimate of drug-likeness (QED) is 0.0776. The molecule has 1 fully saturated rings. The molecule has 2 unspecified atom stereocenters. The van der Waals surface area contributed by atoms with Crippen LogP contribution in [0.25, 0.3) is 0 Å². The molecule has 61 heavy (non-hydrogen) atoms. The van der Waals surface area contributed by atoms with Crippen molar-refractivity contribution in [2.75, 3.05) is 41.5 Å². The number of aldehydes is 2. The maximum Gasteiger partial charge on any atom is 0.499 e. The number of fused-ring (bicyclic) bond motifs is 2. The highest BCUT2D eigenvalue weighted by Crippen LogP contribution is 2.37. The van der Waals surface area contributed by atoms with Gasteiger partial charge in [-0.2, -0.15) is 0 Å². The maximum atomic E-state index is 11.2. The first kappa shape index (κ1) is 50.2. The topological polar surface area (TPSA) is 238 Å². The Bertz CT molecular complexity index is 2110. The number of nitrogens with two attached hydrogens (primary N) is 1. The Labute approximate surface area is 361 Å². The number of nitro groups is 1. The van der Waals surface area contributed by atoms with E-state index in [4.69, 9.17) is 43.3 Å². The minimum absolute atomic E-state index is 0. The van der Waals surface area contributed by atoms with E-state index in [-0.39, 0.29) is 36.4 Å². The van der Waals surface area contributed by atoms with Crippen LogP contribution < -0.4 is 41.1 Å². The summed E-state index contributed by atoms with van der Waals surface area (Å²) in [7, 11) is 3.37. The number of benzene rings is 4. The van der Waals surface area contributed by atoms with Crippen LogP contribution in [0, 0.1) is 10.1 Å². The Morgan fingerprint density at radius 1 is 0.689 bits per heavy atom. The minimum atomic E-state index is -1.16. The minimum Gasteiger partial charge on any atom is -0.504 e. The highest BCUT2D eigenvalue weighted by Gasteiger charge is 2.53. The van der Waals surface area contributed by atoms with Gasteiger partial charge in [-0.05, 0) is 69.2 Å². The molecule has 3 heterocycles. The second kappa shape index (κ2) is 22.1. The van der Waals surface area contributed by atoms with Gasteiger partial charge in [0, 0.05) is 33.4 Å². The number of methoxy groups -OCH3 is 4. The van der Waals surface area contributed by atoms with Crippen LogP contribution >= 0.6 is 12.4 Å². The first-order valence-electron chi connectivity index (χ1n) is 18.6. The average molecular weight is 867 g/mol. The Hall–Kier alpha value is -5.18. The Kier molecular flexibility index (Phi) is 18.2. The van der Waals surface area contributed by atoms with Crippen molar-refractivity contribution in [1.29, 1.82) is 0 Å². The molecule has 0 aliphatic carbocycles. The third-order valence-electron chi connectivity index (χ3n) is 10.3. The molecule has 4 aromatic carbocycles. The van der Waals surface area contributed by atoms with Gasteiger partial charge in [-0.3, -0.25) is 19.7 Å². The number of carbonyl (C=O) groups is 2. The summed E-state index contributed by atoms with van der Waals surface area (Å²) in [6.45, 7) is 7.90. The van der Waals surface area contributed by atoms with E-state index in [0.29, 0.717) is 63.3 Å². The lowest BCUT2D eigenvalue weighted by Crippen LogP contribution is -2.41. The zero-order valence-corrected chi connectivity index (χ0v) is 35.9. The molecule has 0 bridgehead atoms. The third kappa shape index (κ3) is 11.4. The second-order valence-corrected chi connectivity index (χ2v) is 14.3. The molecule has 0 amide bonds. The number of aromatic hydroxyl groups is 1. The van der Waals surface area contributed by atoms with Crippen molar-refractivity contribution in [2.45, 2.75) is 51.1 Å². The first-order valence-corrected chi connectivity index (χ1v) is 18.6. The summed E-state index contributed by atoms with van der Waals surface area (Å²) in [6.07, 6.45) is 0.436. The van der Waals surface area contributed by atoms with Crippen LogP contribution in [-0.4, -0.2) is 107 Å². The predicted octanol–water partition coefficient (Wildman–Crippen LogP) is 2.59. The number of halogens is 1. The van der Waals surface area contributed by atoms with Gasteiger partial charge in [0.05, 0.1) is 51.3 Å². The number of hydrogen-bond acceptors (Lipinski definition) is 16. The first-order chi connectivity index (χ1) is 28.5. The largest absolute Gasteiger partial charge is 0.504 e. The third-order valence-corrected chi connectivity index (χ3v) is 10.3. The van der Waals surface area contributed by atoms with Crippen molar-refractivity contribution in [3.05, 3.63) is 105 Å². The monoisotopic (exact) mass is 866 g/mol. The van der Waals surface area contributed by atoms with E-state index in [1.165, 1.54) is 20.3 Å². The maximum absolute atomic E-state index is 11.2. The normalized spacial score (nSPS) is 17.3. The van der Waals surface area contributed by atoms with E-state index < -0.39 is 43.6 Å². The summed E-state index contributed by atoms with van der Waals surface area (Å²) in [6, 6.07) is 20.7. The van der Waals surface area contributed by atoms with Gasteiger partial charge >= 0.3 is 21.4 Å². The lowest BCUT2D eigenvalue weighted by atomic mass is 9.75. The van der Waals surface area contributed by atoms with Gasteiger partial charge in [0.15, 0.2) is 17.8 Å². The Balaban J connectivity index is 0.000000219. The fourth-order valence-electron chi connectivity index (χ4n) is 6.48. The van der Waals surface area contributed by atoms with Crippen molar-refractivity contribution in [1.82, 2.24) is 0 Å². The van der Waals surface area contributed by atoms with Crippen molar-refractivity contribution in [3.8, 4) is 28.7 Å². The molecule has 0 radical (unpaired) electrons. The Morgan fingerprint density at radius 3 is 1.51 bits per heavy atom. The summed E-state index contributed by atoms with van der Waals surface area (Å²) < 4.78 is 42.6. The van der Waals surface area contributed by atoms with Gasteiger partial charge in [-0.25, -0.2) is 0 Å². The van der Waals surface area contributed by atoms with Crippen LogP contribution in [0.2, 0.25) is 0 Å². The van der Waals surface area contributed by atoms with Gasteiger partial charge in [-0.15, -0.1) is 12.4 Å². The predicted molar refractivity (Wildman–Crippen MR) is 231 cm³/mol. The summed E-state index contributed by atoms with van der Waals surface area (Å²) in [5.41, 5.74) is 8.76. The van der Waals surface area contributed by atoms with Crippen molar-refractivity contribution in [2.24, 2.45) is 5.73 Å². The molecular formula is C40H50B3ClN2O15. The molecule has 2 atom stereocenters. The molecule has 7 rings (SSSR count). The van der Waals surface area contributed by atoms with Crippen LogP contribution in [0.3, 0.4) is 0 Å². The smallest absolute Gasteiger partial charge is 0.499 e. The van der Waals surface area contributed by atoms with Crippen molar-refractivity contribution < 1.29 is 67.2 Å². The number of phenolic OH excluding ortho intramolecular Hbond substituents is 1. The summed E-state index contributed by atoms with van der Waals surface area (Å²) in [4.78, 5) is 31.5. The van der Waals surface area contributed by atoms with Crippen molar-refractivity contribution >= 4 is 62.7 Å². The van der Waals surface area contributed by atoms with Crippen molar-refractivity contribution in [3.63, 3.8) is 0 Å². The molecule has 326 valence electrons. The molecule has 3 aliphatic rings. The number of hydrogen-bond donors (Lipinski definition) is 4. The summed E-state index contributed by atoms with van der Waals surface area (Å²) >= 11 is 0. The van der Waals surface area contributed by atoms with E-state index in [1.54, 1.807) is 68.8 Å². The number of phenols is 1. The number of para-hydroxylation sites is 1. The summed E-state index contributed by atoms with van der Waals surface area (Å²) in [5, 5.41) is 39.0. The zero-order chi connectivity index (χ0) is 44.4. The van der Waals surface area contributed by atoms with Gasteiger partial charge in [0.2, 0.25) is 6.54 Å². The van der Waals surface area contributed by atoms with Crippen LogP contribution in [0.5, 0.6) is 28.7 Å². The molecule has 3 aliphatic heterocycles. The van der Waals surface area contributed by atoms with Crippen LogP contribution in [0.4, 0.5) is 0 Å². The number of rotatable bonds is 10. The standard InChI is InChI=1S/C14H19BO4.C9H10BNO5.C9H12BNO3.C8H8O3.ClH/c1-13(2)14(3,4)19-15(18-13)12-10(9-16)7-6-8-11(12)17-5;1-15-7-4-2-3-6-8(5-11(13)14)16-10(12)9(6)7;1-13-7-4-2-3-6-8(5-11)14-10(12)9(6)7;1-11-7-4-2-3-6(5-9)8(7)10;/h6-9H,1-5H3;2-4,8,12H,5H2,1H3;2-4,8,12H,5,11H2,1H3;2-5,10H,1H3;1H.